The molecule has 1 aliphatic heterocycles. The summed E-state index contributed by atoms with van der Waals surface area (Å²) >= 11 is 6.05. The zero-order chi connectivity index (χ0) is 19.6. The first kappa shape index (κ1) is 19.5. The SMILES string of the molecule is CC(=O)N1CCN(c2ccc(OS(=O)(=O)c3ccc(C)cc3Cl)cc2)CC1. The number of hydrogen-bond donors (Lipinski definition) is 0. The second-order valence-electron chi connectivity index (χ2n) is 6.46. The van der Waals surface area contributed by atoms with Crippen molar-refractivity contribution in [2.45, 2.75) is 18.7 Å². The van der Waals surface area contributed by atoms with Crippen LogP contribution in [0.15, 0.2) is 47.4 Å². The summed E-state index contributed by atoms with van der Waals surface area (Å²) in [5, 5.41) is 0.134. The molecule has 1 fully saturated rings. The first-order valence-corrected chi connectivity index (χ1v) is 10.4. The van der Waals surface area contributed by atoms with Gasteiger partial charge < -0.3 is 14.0 Å². The molecular weight excluding hydrogens is 388 g/mol. The molecule has 1 saturated heterocycles. The summed E-state index contributed by atoms with van der Waals surface area (Å²) in [7, 11) is -4.00. The zero-order valence-electron chi connectivity index (χ0n) is 15.2. The van der Waals surface area contributed by atoms with Gasteiger partial charge in [0, 0.05) is 38.8 Å². The molecule has 0 bridgehead atoms. The molecule has 27 heavy (non-hydrogen) atoms. The molecular formula is C19H21ClN2O4S. The van der Waals surface area contributed by atoms with Gasteiger partial charge in [-0.3, -0.25) is 4.79 Å². The average molecular weight is 409 g/mol. The highest BCUT2D eigenvalue weighted by Crippen LogP contribution is 2.27. The Morgan fingerprint density at radius 1 is 1.04 bits per heavy atom. The van der Waals surface area contributed by atoms with Crippen molar-refractivity contribution in [3.8, 4) is 5.75 Å². The Morgan fingerprint density at radius 2 is 1.67 bits per heavy atom. The number of carbonyl (C=O) groups is 1. The van der Waals surface area contributed by atoms with Crippen LogP contribution in [0.25, 0.3) is 0 Å². The molecule has 0 atom stereocenters. The molecule has 0 saturated carbocycles. The van der Waals surface area contributed by atoms with E-state index in [0.29, 0.717) is 13.1 Å². The molecule has 6 nitrogen and oxygen atoms in total. The summed E-state index contributed by atoms with van der Waals surface area (Å²) in [4.78, 5) is 15.3. The molecule has 0 spiro atoms. The minimum Gasteiger partial charge on any atom is -0.379 e. The van der Waals surface area contributed by atoms with Crippen molar-refractivity contribution in [3.63, 3.8) is 0 Å². The van der Waals surface area contributed by atoms with Gasteiger partial charge in [-0.05, 0) is 48.9 Å². The van der Waals surface area contributed by atoms with E-state index in [1.165, 1.54) is 6.07 Å². The summed E-state index contributed by atoms with van der Waals surface area (Å²) < 4.78 is 30.1. The van der Waals surface area contributed by atoms with Gasteiger partial charge in [0.15, 0.2) is 0 Å². The number of hydrogen-bond acceptors (Lipinski definition) is 5. The monoisotopic (exact) mass is 408 g/mol. The summed E-state index contributed by atoms with van der Waals surface area (Å²) in [6.07, 6.45) is 0. The van der Waals surface area contributed by atoms with E-state index in [1.54, 1.807) is 31.2 Å². The van der Waals surface area contributed by atoms with Crippen LogP contribution < -0.4 is 9.08 Å². The molecule has 0 aromatic heterocycles. The second kappa shape index (κ2) is 7.78. The highest BCUT2D eigenvalue weighted by atomic mass is 35.5. The third kappa shape index (κ3) is 4.54. The van der Waals surface area contributed by atoms with E-state index in [1.807, 2.05) is 24.0 Å². The highest BCUT2D eigenvalue weighted by Gasteiger charge is 2.21. The summed E-state index contributed by atoms with van der Waals surface area (Å²) in [6, 6.07) is 11.6. The minimum atomic E-state index is -4.00. The molecule has 0 aliphatic carbocycles. The Balaban J connectivity index is 1.70. The summed E-state index contributed by atoms with van der Waals surface area (Å²) in [5.74, 6) is 0.302. The predicted octanol–water partition coefficient (Wildman–Crippen LogP) is 3.08. The van der Waals surface area contributed by atoms with Crippen LogP contribution in [0.2, 0.25) is 5.02 Å². The maximum absolute atomic E-state index is 12.5. The van der Waals surface area contributed by atoms with Crippen LogP contribution in [-0.4, -0.2) is 45.4 Å². The second-order valence-corrected chi connectivity index (χ2v) is 8.38. The Labute approximate surface area is 164 Å². The topological polar surface area (TPSA) is 66.9 Å². The number of piperazine rings is 1. The third-order valence-electron chi connectivity index (χ3n) is 4.49. The average Bonchev–Trinajstić information content (AvgIpc) is 2.62. The maximum Gasteiger partial charge on any atom is 0.340 e. The number of halogens is 1. The number of carbonyl (C=O) groups excluding carboxylic acids is 1. The first-order valence-electron chi connectivity index (χ1n) is 8.57. The quantitative estimate of drug-likeness (QED) is 0.727. The van der Waals surface area contributed by atoms with Crippen molar-refractivity contribution in [2.75, 3.05) is 31.1 Å². The van der Waals surface area contributed by atoms with Crippen molar-refractivity contribution in [1.82, 2.24) is 4.90 Å². The maximum atomic E-state index is 12.5. The lowest BCUT2D eigenvalue weighted by atomic mass is 10.2. The number of anilines is 1. The lowest BCUT2D eigenvalue weighted by Gasteiger charge is -2.35. The molecule has 0 unspecified atom stereocenters. The van der Waals surface area contributed by atoms with E-state index in [-0.39, 0.29) is 21.6 Å². The third-order valence-corrected chi connectivity index (χ3v) is 6.22. The van der Waals surface area contributed by atoms with Crippen molar-refractivity contribution < 1.29 is 17.4 Å². The molecule has 0 radical (unpaired) electrons. The number of benzene rings is 2. The van der Waals surface area contributed by atoms with Gasteiger partial charge in [0.2, 0.25) is 5.91 Å². The smallest absolute Gasteiger partial charge is 0.340 e. The van der Waals surface area contributed by atoms with E-state index in [2.05, 4.69) is 4.90 Å². The fourth-order valence-electron chi connectivity index (χ4n) is 2.97. The van der Waals surface area contributed by atoms with Gasteiger partial charge in [-0.2, -0.15) is 8.42 Å². The molecule has 2 aromatic rings. The van der Waals surface area contributed by atoms with Gasteiger partial charge in [0.25, 0.3) is 0 Å². The fourth-order valence-corrected chi connectivity index (χ4v) is 4.48. The minimum absolute atomic E-state index is 0.0563. The first-order chi connectivity index (χ1) is 12.8. The molecule has 0 N–H and O–H groups in total. The molecule has 1 aliphatic rings. The zero-order valence-corrected chi connectivity index (χ0v) is 16.8. The summed E-state index contributed by atoms with van der Waals surface area (Å²) in [6.45, 7) is 6.22. The van der Waals surface area contributed by atoms with Crippen LogP contribution in [0.3, 0.4) is 0 Å². The standard InChI is InChI=1S/C19H21ClN2O4S/c1-14-3-8-19(18(20)13-14)27(24,25)26-17-6-4-16(5-7-17)22-11-9-21(10-12-22)15(2)23/h3-8,13H,9-12H2,1-2H3. The van der Waals surface area contributed by atoms with Crippen LogP contribution >= 0.6 is 11.6 Å². The van der Waals surface area contributed by atoms with E-state index >= 15 is 0 Å². The normalized spacial score (nSPS) is 14.9. The Kier molecular flexibility index (Phi) is 5.62. The fraction of sp³-hybridized carbons (Fsp3) is 0.316. The van der Waals surface area contributed by atoms with Crippen LogP contribution in [0.5, 0.6) is 5.75 Å². The number of rotatable bonds is 4. The molecule has 144 valence electrons. The lowest BCUT2D eigenvalue weighted by Crippen LogP contribution is -2.48. The van der Waals surface area contributed by atoms with Gasteiger partial charge in [-0.1, -0.05) is 17.7 Å². The van der Waals surface area contributed by atoms with Gasteiger partial charge in [-0.15, -0.1) is 0 Å². The Morgan fingerprint density at radius 3 is 2.22 bits per heavy atom. The largest absolute Gasteiger partial charge is 0.379 e. The van der Waals surface area contributed by atoms with E-state index in [4.69, 9.17) is 15.8 Å². The summed E-state index contributed by atoms with van der Waals surface area (Å²) in [5.41, 5.74) is 1.82. The van der Waals surface area contributed by atoms with Crippen molar-refractivity contribution in [2.24, 2.45) is 0 Å². The van der Waals surface area contributed by atoms with Gasteiger partial charge in [0.1, 0.15) is 10.6 Å². The van der Waals surface area contributed by atoms with Gasteiger partial charge >= 0.3 is 10.1 Å². The molecule has 1 heterocycles. The molecule has 2 aromatic carbocycles. The molecule has 1 amide bonds. The van der Waals surface area contributed by atoms with Crippen LogP contribution in [-0.2, 0) is 14.9 Å². The lowest BCUT2D eigenvalue weighted by molar-refractivity contribution is -0.129. The highest BCUT2D eigenvalue weighted by molar-refractivity contribution is 7.87. The van der Waals surface area contributed by atoms with E-state index < -0.39 is 10.1 Å². The van der Waals surface area contributed by atoms with Crippen LogP contribution in [0.1, 0.15) is 12.5 Å². The van der Waals surface area contributed by atoms with Gasteiger partial charge in [0.05, 0.1) is 5.02 Å². The molecule has 3 rings (SSSR count). The number of amides is 1. The van der Waals surface area contributed by atoms with E-state index in [9.17, 15) is 13.2 Å². The molecule has 8 heteroatoms. The van der Waals surface area contributed by atoms with Gasteiger partial charge in [-0.25, -0.2) is 0 Å². The Bertz CT molecular complexity index is 937. The number of nitrogens with zero attached hydrogens (tertiary/aromatic N) is 2. The van der Waals surface area contributed by atoms with Crippen molar-refractivity contribution in [3.05, 3.63) is 53.1 Å². The predicted molar refractivity (Wildman–Crippen MR) is 105 cm³/mol. The van der Waals surface area contributed by atoms with Crippen molar-refractivity contribution in [1.29, 1.82) is 0 Å². The van der Waals surface area contributed by atoms with E-state index in [0.717, 1.165) is 24.3 Å². The number of aryl methyl sites for hydroxylation is 1. The van der Waals surface area contributed by atoms with Crippen LogP contribution in [0, 0.1) is 6.92 Å². The Hall–Kier alpha value is -2.25. The van der Waals surface area contributed by atoms with Crippen LogP contribution in [0.4, 0.5) is 5.69 Å². The van der Waals surface area contributed by atoms with Crippen molar-refractivity contribution >= 4 is 33.3 Å².